The molecule has 3 aromatic rings. The molecule has 6 heteroatoms. The van der Waals surface area contributed by atoms with Gasteiger partial charge in [0.1, 0.15) is 0 Å². The Labute approximate surface area is 134 Å². The van der Waals surface area contributed by atoms with E-state index in [-0.39, 0.29) is 5.91 Å². The van der Waals surface area contributed by atoms with E-state index < -0.39 is 0 Å². The van der Waals surface area contributed by atoms with Crippen LogP contribution in [0.15, 0.2) is 59.5 Å². The molecule has 0 saturated carbocycles. The van der Waals surface area contributed by atoms with Crippen LogP contribution in [-0.2, 0) is 11.2 Å². The van der Waals surface area contributed by atoms with Gasteiger partial charge in [0.15, 0.2) is 5.13 Å². The minimum Gasteiger partial charge on any atom is -0.326 e. The lowest BCUT2D eigenvalue weighted by Crippen LogP contribution is -2.13. The molecule has 1 aromatic carbocycles. The number of amides is 1. The number of benzene rings is 1. The van der Waals surface area contributed by atoms with Crippen LogP contribution < -0.4 is 5.32 Å². The third-order valence-electron chi connectivity index (χ3n) is 2.83. The molecule has 0 spiro atoms. The first-order valence-electron chi connectivity index (χ1n) is 6.34. The van der Waals surface area contributed by atoms with Crippen LogP contribution in [0.3, 0.4) is 0 Å². The van der Waals surface area contributed by atoms with Crippen molar-refractivity contribution in [2.45, 2.75) is 6.42 Å². The van der Waals surface area contributed by atoms with Crippen molar-refractivity contribution in [1.82, 2.24) is 9.55 Å². The number of aromatic nitrogens is 2. The summed E-state index contributed by atoms with van der Waals surface area (Å²) in [6.45, 7) is 0. The molecule has 1 amide bonds. The van der Waals surface area contributed by atoms with Crippen molar-refractivity contribution < 1.29 is 4.79 Å². The van der Waals surface area contributed by atoms with Crippen LogP contribution >= 0.6 is 27.3 Å². The molecule has 0 saturated heterocycles. The van der Waals surface area contributed by atoms with E-state index in [1.807, 2.05) is 53.4 Å². The maximum absolute atomic E-state index is 12.0. The molecule has 3 rings (SSSR count). The fraction of sp³-hybridized carbons (Fsp3) is 0.0667. The van der Waals surface area contributed by atoms with E-state index in [2.05, 4.69) is 26.2 Å². The topological polar surface area (TPSA) is 46.9 Å². The van der Waals surface area contributed by atoms with Crippen molar-refractivity contribution in [2.75, 3.05) is 5.32 Å². The molecule has 0 radical (unpaired) electrons. The first kappa shape index (κ1) is 14.0. The van der Waals surface area contributed by atoms with Crippen molar-refractivity contribution in [3.63, 3.8) is 0 Å². The zero-order valence-corrected chi connectivity index (χ0v) is 13.4. The Hall–Kier alpha value is -1.92. The Bertz CT molecular complexity index is 735. The van der Waals surface area contributed by atoms with E-state index >= 15 is 0 Å². The minimum atomic E-state index is -0.0416. The summed E-state index contributed by atoms with van der Waals surface area (Å²) in [6.07, 6.45) is 5.95. The van der Waals surface area contributed by atoms with E-state index in [1.165, 1.54) is 11.3 Å². The summed E-state index contributed by atoms with van der Waals surface area (Å²) in [5, 5.41) is 3.74. The van der Waals surface area contributed by atoms with Crippen molar-refractivity contribution in [3.05, 3.63) is 64.3 Å². The quantitative estimate of drug-likeness (QED) is 0.766. The van der Waals surface area contributed by atoms with Gasteiger partial charge < -0.3 is 9.88 Å². The number of anilines is 1. The molecule has 2 aromatic heterocycles. The average molecular weight is 362 g/mol. The van der Waals surface area contributed by atoms with Gasteiger partial charge in [-0.15, -0.1) is 11.3 Å². The summed E-state index contributed by atoms with van der Waals surface area (Å²) in [7, 11) is 0. The highest BCUT2D eigenvalue weighted by Gasteiger charge is 2.08. The zero-order valence-electron chi connectivity index (χ0n) is 11.0. The number of hydrogen-bond acceptors (Lipinski definition) is 3. The van der Waals surface area contributed by atoms with Crippen molar-refractivity contribution in [1.29, 1.82) is 0 Å². The maximum atomic E-state index is 12.0. The summed E-state index contributed by atoms with van der Waals surface area (Å²) in [5.74, 6) is -0.0416. The second kappa shape index (κ2) is 6.24. The van der Waals surface area contributed by atoms with Gasteiger partial charge in [-0.05, 0) is 36.4 Å². The summed E-state index contributed by atoms with van der Waals surface area (Å²) >= 11 is 4.88. The Kier molecular flexibility index (Phi) is 4.17. The number of carbonyl (C=O) groups excluding carboxylic acids is 1. The molecule has 0 aliphatic rings. The molecular weight excluding hydrogens is 350 g/mol. The summed E-state index contributed by atoms with van der Waals surface area (Å²) in [6, 6.07) is 11.4. The molecule has 0 bridgehead atoms. The first-order chi connectivity index (χ1) is 10.2. The highest BCUT2D eigenvalue weighted by atomic mass is 79.9. The second-order valence-corrected chi connectivity index (χ2v) is 6.44. The van der Waals surface area contributed by atoms with Gasteiger partial charge in [0.25, 0.3) is 0 Å². The van der Waals surface area contributed by atoms with Crippen LogP contribution in [0.4, 0.5) is 5.69 Å². The molecule has 2 heterocycles. The van der Waals surface area contributed by atoms with E-state index in [9.17, 15) is 4.79 Å². The van der Waals surface area contributed by atoms with Gasteiger partial charge in [-0.2, -0.15) is 0 Å². The predicted octanol–water partition coefficient (Wildman–Crippen LogP) is 3.88. The van der Waals surface area contributed by atoms with Crippen LogP contribution in [0.5, 0.6) is 0 Å². The van der Waals surface area contributed by atoms with Crippen molar-refractivity contribution in [2.24, 2.45) is 0 Å². The zero-order chi connectivity index (χ0) is 14.7. The van der Waals surface area contributed by atoms with E-state index in [1.54, 1.807) is 6.20 Å². The summed E-state index contributed by atoms with van der Waals surface area (Å²) in [5.41, 5.74) is 0.790. The molecule has 106 valence electrons. The monoisotopic (exact) mass is 361 g/mol. The van der Waals surface area contributed by atoms with Crippen molar-refractivity contribution >= 4 is 38.9 Å². The fourth-order valence-corrected chi connectivity index (χ4v) is 3.00. The number of rotatable bonds is 4. The number of hydrogen-bond donors (Lipinski definition) is 1. The molecule has 4 nitrogen and oxygen atoms in total. The van der Waals surface area contributed by atoms with Crippen LogP contribution in [0, 0.1) is 0 Å². The standard InChI is InChI=1S/C15H12BrN3OS/c16-11-3-5-12(6-4-11)18-14(20)9-13-10-17-15(21-13)19-7-1-2-8-19/h1-8,10H,9H2,(H,18,20). The SMILES string of the molecule is O=C(Cc1cnc(-n2cccc2)s1)Nc1ccc(Br)cc1. The van der Waals surface area contributed by atoms with Gasteiger partial charge >= 0.3 is 0 Å². The summed E-state index contributed by atoms with van der Waals surface area (Å²) < 4.78 is 2.92. The fourth-order valence-electron chi connectivity index (χ4n) is 1.86. The lowest BCUT2D eigenvalue weighted by atomic mass is 10.3. The molecule has 0 fully saturated rings. The van der Waals surface area contributed by atoms with Crippen LogP contribution in [0.25, 0.3) is 5.13 Å². The Balaban J connectivity index is 1.64. The highest BCUT2D eigenvalue weighted by Crippen LogP contribution is 2.19. The Morgan fingerprint density at radius 3 is 2.67 bits per heavy atom. The Morgan fingerprint density at radius 2 is 1.95 bits per heavy atom. The third-order valence-corrected chi connectivity index (χ3v) is 4.37. The van der Waals surface area contributed by atoms with Gasteiger partial charge in [0.2, 0.25) is 5.91 Å². The largest absolute Gasteiger partial charge is 0.326 e. The lowest BCUT2D eigenvalue weighted by Gasteiger charge is -2.03. The van der Waals surface area contributed by atoms with E-state index in [0.29, 0.717) is 6.42 Å². The molecular formula is C15H12BrN3OS. The van der Waals surface area contributed by atoms with Crippen LogP contribution in [0.1, 0.15) is 4.88 Å². The van der Waals surface area contributed by atoms with E-state index in [4.69, 9.17) is 0 Å². The minimum absolute atomic E-state index is 0.0416. The van der Waals surface area contributed by atoms with Gasteiger partial charge in [0.05, 0.1) is 6.42 Å². The predicted molar refractivity (Wildman–Crippen MR) is 87.9 cm³/mol. The van der Waals surface area contributed by atoms with E-state index in [0.717, 1.165) is 20.2 Å². The number of thiazole rings is 1. The maximum Gasteiger partial charge on any atom is 0.229 e. The summed E-state index contributed by atoms with van der Waals surface area (Å²) in [4.78, 5) is 17.3. The van der Waals surface area contributed by atoms with Crippen LogP contribution in [-0.4, -0.2) is 15.5 Å². The number of nitrogens with zero attached hydrogens (tertiary/aromatic N) is 2. The number of nitrogens with one attached hydrogen (secondary N) is 1. The molecule has 0 aliphatic carbocycles. The molecule has 0 atom stereocenters. The molecule has 1 N–H and O–H groups in total. The van der Waals surface area contributed by atoms with Gasteiger partial charge in [-0.3, -0.25) is 4.79 Å². The molecule has 0 aliphatic heterocycles. The van der Waals surface area contributed by atoms with Gasteiger partial charge in [-0.25, -0.2) is 4.98 Å². The second-order valence-electron chi connectivity index (χ2n) is 4.43. The average Bonchev–Trinajstić information content (AvgIpc) is 3.12. The number of carbonyl (C=O) groups is 1. The van der Waals surface area contributed by atoms with Crippen LogP contribution in [0.2, 0.25) is 0 Å². The first-order valence-corrected chi connectivity index (χ1v) is 7.95. The van der Waals surface area contributed by atoms with Crippen molar-refractivity contribution in [3.8, 4) is 5.13 Å². The molecule has 21 heavy (non-hydrogen) atoms. The normalized spacial score (nSPS) is 10.5. The lowest BCUT2D eigenvalue weighted by molar-refractivity contribution is -0.115. The van der Waals surface area contributed by atoms with Gasteiger partial charge in [-0.1, -0.05) is 15.9 Å². The Morgan fingerprint density at radius 1 is 1.24 bits per heavy atom. The highest BCUT2D eigenvalue weighted by molar-refractivity contribution is 9.10. The molecule has 0 unspecified atom stereocenters. The third kappa shape index (κ3) is 3.59. The smallest absolute Gasteiger partial charge is 0.229 e. The number of halogens is 1. The van der Waals surface area contributed by atoms with Gasteiger partial charge in [0, 0.05) is 33.6 Å².